The maximum Gasteiger partial charge on any atom is 0.253 e. The first-order valence-electron chi connectivity index (χ1n) is 22.3. The fourth-order valence-electron chi connectivity index (χ4n) is 9.18. The number of primary amides is 2. The Morgan fingerprint density at radius 1 is 0.538 bits per heavy atom. The van der Waals surface area contributed by atoms with E-state index in [1.807, 2.05) is 13.8 Å². The Hall–Kier alpha value is -5.46. The molecule has 0 aromatic heterocycles. The van der Waals surface area contributed by atoms with E-state index >= 15 is 0 Å². The average Bonchev–Trinajstić information content (AvgIpc) is 3.80. The van der Waals surface area contributed by atoms with Gasteiger partial charge < -0.3 is 72.4 Å². The highest BCUT2D eigenvalue weighted by Crippen LogP contribution is 2.30. The second kappa shape index (κ2) is 21.7. The third kappa shape index (κ3) is 11.7. The van der Waals surface area contributed by atoms with E-state index in [0.29, 0.717) is 32.1 Å². The second-order valence-corrected chi connectivity index (χ2v) is 17.9. The summed E-state index contributed by atoms with van der Waals surface area (Å²) in [7, 11) is 0. The Morgan fingerprint density at radius 3 is 1.42 bits per heavy atom. The number of aliphatic hydroxyl groups excluding tert-OH is 3. The van der Waals surface area contributed by atoms with Crippen molar-refractivity contribution in [2.45, 2.75) is 158 Å². The average molecular weight is 921 g/mol. The minimum Gasteiger partial charge on any atom is -0.394 e. The minimum atomic E-state index is -1.57. The van der Waals surface area contributed by atoms with Gasteiger partial charge in [0, 0.05) is 26.2 Å². The number of hydrogen-bond donors (Lipinski definition) is 9. The Balaban J connectivity index is 1.19. The molecule has 0 unspecified atom stereocenters. The van der Waals surface area contributed by atoms with Gasteiger partial charge >= 0.3 is 0 Å². The van der Waals surface area contributed by atoms with Crippen LogP contribution in [0.4, 0.5) is 0 Å². The van der Waals surface area contributed by atoms with Crippen molar-refractivity contribution in [2.75, 3.05) is 32.8 Å². The number of carbonyl (C=O) groups excluding carboxylic acids is 10. The number of ether oxygens (including phenoxy) is 1. The van der Waals surface area contributed by atoms with Crippen LogP contribution < -0.4 is 32.7 Å². The number of carbonyl (C=O) groups is 10. The van der Waals surface area contributed by atoms with Crippen molar-refractivity contribution >= 4 is 59.1 Å². The lowest BCUT2D eigenvalue weighted by atomic mass is 10.0. The Morgan fingerprint density at radius 2 is 0.938 bits per heavy atom. The van der Waals surface area contributed by atoms with Gasteiger partial charge in [-0.3, -0.25) is 47.9 Å². The van der Waals surface area contributed by atoms with Gasteiger partial charge in [0.25, 0.3) is 11.8 Å². The first kappa shape index (κ1) is 50.5. The fraction of sp³-hybridized carbons (Fsp3) is 0.756. The molecule has 5 saturated heterocycles. The first-order valence-corrected chi connectivity index (χ1v) is 22.3. The van der Waals surface area contributed by atoms with Gasteiger partial charge in [0.15, 0.2) is 12.2 Å². The van der Waals surface area contributed by atoms with Crippen molar-refractivity contribution in [3.05, 3.63) is 0 Å². The number of nitrogens with two attached hydrogens (primary N) is 2. The van der Waals surface area contributed by atoms with Crippen LogP contribution in [0.1, 0.15) is 85.5 Å². The fourth-order valence-corrected chi connectivity index (χ4v) is 9.18. The number of nitrogens with one attached hydrogen (secondary N) is 4. The van der Waals surface area contributed by atoms with Crippen molar-refractivity contribution in [3.63, 3.8) is 0 Å². The molecule has 12 atom stereocenters. The molecule has 0 saturated carbocycles. The van der Waals surface area contributed by atoms with Crippen molar-refractivity contribution in [1.82, 2.24) is 40.9 Å². The standard InChI is InChI=1S/C41H64N10O14/c1-19(2)17-22(38(61)48-13-5-10-25(48)35(58)46-28(20(3)53)33(43)56)44-36(59)30-31(65-30)37(60)47-29(21(4)54)41(64)51-16-8-12-27(51)40(63)50-15-7-11-26(50)39(62)49-14-6-9-24(49)34(57)45-23(18-52)32(42)55/h19-31,52-54H,5-18H2,1-4H3,(H2,42,55)(H2,43,56)(H,44,59)(H,45,57)(H,46,58)(H,47,60)/t20-,21-,22+,23+,24+,25+,26+,27+,28+,29+,30-,31-/m1/s1. The summed E-state index contributed by atoms with van der Waals surface area (Å²) in [6.45, 7) is 6.15. The normalized spacial score (nSPS) is 26.7. The molecular weight excluding hydrogens is 857 g/mol. The molecule has 5 heterocycles. The minimum absolute atomic E-state index is 0.100. The van der Waals surface area contributed by atoms with E-state index < -0.39 is 138 Å². The number of likely N-dealkylation sites (tertiary alicyclic amines) is 4. The molecule has 5 aliphatic heterocycles. The summed E-state index contributed by atoms with van der Waals surface area (Å²) in [4.78, 5) is 138. The van der Waals surface area contributed by atoms with Crippen LogP contribution in [-0.4, -0.2) is 200 Å². The van der Waals surface area contributed by atoms with Gasteiger partial charge in [-0.2, -0.15) is 0 Å². The summed E-state index contributed by atoms with van der Waals surface area (Å²) in [6, 6.07) is -9.37. The summed E-state index contributed by atoms with van der Waals surface area (Å²) < 4.78 is 5.41. The van der Waals surface area contributed by atoms with Crippen LogP contribution in [0.15, 0.2) is 0 Å². The molecule has 11 N–H and O–H groups in total. The molecule has 24 nitrogen and oxygen atoms in total. The molecule has 65 heavy (non-hydrogen) atoms. The van der Waals surface area contributed by atoms with Crippen LogP contribution in [0.3, 0.4) is 0 Å². The molecule has 24 heteroatoms. The lowest BCUT2D eigenvalue weighted by Gasteiger charge is -2.35. The molecule has 0 aromatic carbocycles. The Labute approximate surface area is 375 Å². The van der Waals surface area contributed by atoms with Crippen molar-refractivity contribution in [2.24, 2.45) is 17.4 Å². The molecule has 10 amide bonds. The highest BCUT2D eigenvalue weighted by atomic mass is 16.6. The largest absolute Gasteiger partial charge is 0.394 e. The molecule has 5 fully saturated rings. The van der Waals surface area contributed by atoms with Crippen LogP contribution in [0.2, 0.25) is 0 Å². The van der Waals surface area contributed by atoms with Gasteiger partial charge in [-0.05, 0) is 77.6 Å². The zero-order valence-electron chi connectivity index (χ0n) is 37.2. The molecule has 5 rings (SSSR count). The smallest absolute Gasteiger partial charge is 0.253 e. The van der Waals surface area contributed by atoms with Gasteiger partial charge in [-0.1, -0.05) is 13.8 Å². The molecule has 0 aromatic rings. The molecular formula is C41H64N10O14. The van der Waals surface area contributed by atoms with Crippen LogP contribution in [-0.2, 0) is 52.7 Å². The zero-order chi connectivity index (χ0) is 48.0. The summed E-state index contributed by atoms with van der Waals surface area (Å²) in [5.41, 5.74) is 10.6. The Bertz CT molecular complexity index is 1870. The van der Waals surface area contributed by atoms with Gasteiger partial charge in [0.2, 0.25) is 47.3 Å². The lowest BCUT2D eigenvalue weighted by molar-refractivity contribution is -0.152. The number of rotatable bonds is 19. The highest BCUT2D eigenvalue weighted by molar-refractivity contribution is 6.01. The number of amides is 10. The molecule has 0 bridgehead atoms. The van der Waals surface area contributed by atoms with E-state index in [-0.39, 0.29) is 57.8 Å². The predicted octanol–water partition coefficient (Wildman–Crippen LogP) is -5.57. The highest BCUT2D eigenvalue weighted by Gasteiger charge is 2.53. The molecule has 362 valence electrons. The van der Waals surface area contributed by atoms with E-state index in [9.17, 15) is 63.3 Å². The summed E-state index contributed by atoms with van der Waals surface area (Å²) in [5, 5.41) is 39.9. The molecule has 0 aliphatic carbocycles. The van der Waals surface area contributed by atoms with Gasteiger partial charge in [-0.25, -0.2) is 0 Å². The van der Waals surface area contributed by atoms with Gasteiger partial charge in [0.1, 0.15) is 48.3 Å². The van der Waals surface area contributed by atoms with E-state index in [4.69, 9.17) is 16.2 Å². The van der Waals surface area contributed by atoms with E-state index in [1.54, 1.807) is 0 Å². The second-order valence-electron chi connectivity index (χ2n) is 17.9. The number of epoxide rings is 1. The summed E-state index contributed by atoms with van der Waals surface area (Å²) in [5.74, 6) is -7.45. The van der Waals surface area contributed by atoms with E-state index in [2.05, 4.69) is 21.3 Å². The maximum atomic E-state index is 14.2. The quantitative estimate of drug-likeness (QED) is 0.0546. The van der Waals surface area contributed by atoms with E-state index in [0.717, 1.165) is 0 Å². The Kier molecular flexibility index (Phi) is 16.9. The molecule has 5 aliphatic rings. The van der Waals surface area contributed by atoms with Crippen LogP contribution in [0.5, 0.6) is 0 Å². The first-order chi connectivity index (χ1) is 30.7. The maximum absolute atomic E-state index is 14.2. The summed E-state index contributed by atoms with van der Waals surface area (Å²) >= 11 is 0. The summed E-state index contributed by atoms with van der Waals surface area (Å²) in [6.07, 6.45) is -2.51. The monoisotopic (exact) mass is 920 g/mol. The van der Waals surface area contributed by atoms with Crippen LogP contribution in [0, 0.1) is 5.92 Å². The lowest BCUT2D eigenvalue weighted by Crippen LogP contribution is -2.60. The van der Waals surface area contributed by atoms with Crippen LogP contribution >= 0.6 is 0 Å². The third-order valence-corrected chi connectivity index (χ3v) is 12.6. The molecule has 0 radical (unpaired) electrons. The SMILES string of the molecule is CC(C)C[C@H](NC(=O)[C@@H]1O[C@H]1C(=O)N[C@H](C(=O)N1CCC[C@H]1C(=O)N1CCC[C@H]1C(=O)N1CCC[C@H]1C(=O)N[C@@H](CO)C(N)=O)[C@@H](C)O)C(=O)N1CCC[C@H]1C(=O)N[C@H](C(N)=O)[C@@H](C)O. The van der Waals surface area contributed by atoms with Gasteiger partial charge in [-0.15, -0.1) is 0 Å². The van der Waals surface area contributed by atoms with Crippen LogP contribution in [0.25, 0.3) is 0 Å². The molecule has 0 spiro atoms. The number of aliphatic hydroxyl groups is 3. The third-order valence-electron chi connectivity index (χ3n) is 12.6. The predicted molar refractivity (Wildman–Crippen MR) is 224 cm³/mol. The van der Waals surface area contributed by atoms with Crippen molar-refractivity contribution < 1.29 is 68.0 Å². The van der Waals surface area contributed by atoms with Crippen molar-refractivity contribution in [1.29, 1.82) is 0 Å². The van der Waals surface area contributed by atoms with E-state index in [1.165, 1.54) is 33.4 Å². The van der Waals surface area contributed by atoms with Crippen molar-refractivity contribution in [3.8, 4) is 0 Å². The zero-order valence-corrected chi connectivity index (χ0v) is 37.2. The topological polar surface area (TPSA) is 357 Å². The number of nitrogens with zero attached hydrogens (tertiary/aromatic N) is 4. The van der Waals surface area contributed by atoms with Gasteiger partial charge in [0.05, 0.1) is 18.8 Å². The number of hydrogen-bond acceptors (Lipinski definition) is 14.